The predicted octanol–water partition coefficient (Wildman–Crippen LogP) is 1.87. The van der Waals surface area contributed by atoms with Crippen LogP contribution in [0.25, 0.3) is 11.1 Å². The van der Waals surface area contributed by atoms with Crippen molar-refractivity contribution in [3.63, 3.8) is 0 Å². The number of nitro groups is 1. The number of anilines is 1. The van der Waals surface area contributed by atoms with Crippen LogP contribution in [0.4, 0.5) is 11.4 Å². The Bertz CT molecular complexity index is 1130. The van der Waals surface area contributed by atoms with Crippen LogP contribution >= 0.6 is 0 Å². The van der Waals surface area contributed by atoms with Crippen LogP contribution < -0.4 is 10.7 Å². The minimum atomic E-state index is -0.731. The van der Waals surface area contributed by atoms with Crippen molar-refractivity contribution >= 4 is 28.4 Å². The Morgan fingerprint density at radius 3 is 2.58 bits per heavy atom. The Morgan fingerprint density at radius 1 is 1.13 bits per heavy atom. The zero-order chi connectivity index (χ0) is 21.8. The van der Waals surface area contributed by atoms with Gasteiger partial charge in [-0.15, -0.1) is 0 Å². The number of nitrogens with zero attached hydrogens (tertiary/aromatic N) is 4. The molecule has 2 aromatic carbocycles. The van der Waals surface area contributed by atoms with Crippen LogP contribution in [0.15, 0.2) is 57.7 Å². The first-order chi connectivity index (χ1) is 15.0. The van der Waals surface area contributed by atoms with Crippen molar-refractivity contribution in [3.05, 3.63) is 69.2 Å². The zero-order valence-corrected chi connectivity index (χ0v) is 16.8. The average molecular weight is 426 g/mol. The van der Waals surface area contributed by atoms with E-state index < -0.39 is 10.7 Å². The van der Waals surface area contributed by atoms with E-state index in [1.54, 1.807) is 4.90 Å². The number of ether oxygens (including phenoxy) is 1. The minimum absolute atomic E-state index is 0.0755. The smallest absolute Gasteiger partial charge is 0.407 e. The molecule has 0 unspecified atom stereocenters. The molecule has 0 bridgehead atoms. The Balaban J connectivity index is 1.57. The summed E-state index contributed by atoms with van der Waals surface area (Å²) in [7, 11) is 0. The molecule has 2 heterocycles. The highest BCUT2D eigenvalue weighted by Crippen LogP contribution is 2.21. The number of hydrogen-bond donors (Lipinski definition) is 0. The lowest BCUT2D eigenvalue weighted by Gasteiger charge is -2.30. The van der Waals surface area contributed by atoms with Crippen LogP contribution in [0.2, 0.25) is 0 Å². The first-order valence-corrected chi connectivity index (χ1v) is 9.96. The summed E-state index contributed by atoms with van der Waals surface area (Å²) in [5.41, 5.74) is 0.963. The summed E-state index contributed by atoms with van der Waals surface area (Å²) in [5.74, 6) is -1.01. The molecular weight excluding hydrogens is 404 g/mol. The first kappa shape index (κ1) is 20.8. The molecule has 0 atom stereocenters. The molecular formula is C21H22N4O6. The molecule has 31 heavy (non-hydrogen) atoms. The summed E-state index contributed by atoms with van der Waals surface area (Å²) in [4.78, 5) is 39.9. The number of rotatable bonds is 7. The van der Waals surface area contributed by atoms with Crippen molar-refractivity contribution in [1.82, 2.24) is 9.47 Å². The van der Waals surface area contributed by atoms with E-state index in [1.165, 1.54) is 22.8 Å². The highest BCUT2D eigenvalue weighted by Gasteiger charge is 2.22. The van der Waals surface area contributed by atoms with Crippen molar-refractivity contribution in [2.45, 2.75) is 6.54 Å². The number of nitro benzene ring substituents is 1. The van der Waals surface area contributed by atoms with E-state index in [0.717, 1.165) is 18.8 Å². The summed E-state index contributed by atoms with van der Waals surface area (Å²) < 4.78 is 11.7. The second-order valence-corrected chi connectivity index (χ2v) is 7.20. The fourth-order valence-electron chi connectivity index (χ4n) is 3.61. The maximum absolute atomic E-state index is 13.2. The monoisotopic (exact) mass is 426 g/mol. The lowest BCUT2D eigenvalue weighted by molar-refractivity contribution is -0.384. The molecule has 0 aliphatic carbocycles. The molecule has 10 nitrogen and oxygen atoms in total. The molecule has 1 aliphatic heterocycles. The summed E-state index contributed by atoms with van der Waals surface area (Å²) in [6, 6.07) is 13.2. The maximum atomic E-state index is 13.2. The Labute approximate surface area is 177 Å². The molecule has 1 saturated heterocycles. The summed E-state index contributed by atoms with van der Waals surface area (Å²) in [6.07, 6.45) is 0. The standard InChI is InChI=1S/C21H22N4O6/c26-20(15-24-18-7-6-17(25(28)29)14-19(18)31-21(24)27)23(16-4-2-1-3-5-16)9-8-22-10-12-30-13-11-22/h1-7,14H,8-13,15H2. The quantitative estimate of drug-likeness (QED) is 0.419. The van der Waals surface area contributed by atoms with Gasteiger partial charge in [-0.05, 0) is 18.2 Å². The van der Waals surface area contributed by atoms with Gasteiger partial charge in [0, 0.05) is 37.9 Å². The van der Waals surface area contributed by atoms with Gasteiger partial charge in [-0.3, -0.25) is 24.4 Å². The normalized spacial score (nSPS) is 14.6. The van der Waals surface area contributed by atoms with E-state index >= 15 is 0 Å². The van der Waals surface area contributed by atoms with E-state index in [2.05, 4.69) is 4.90 Å². The zero-order valence-electron chi connectivity index (χ0n) is 16.8. The number of hydrogen-bond acceptors (Lipinski definition) is 7. The van der Waals surface area contributed by atoms with Crippen LogP contribution in [-0.4, -0.2) is 59.7 Å². The topological polar surface area (TPSA) is 111 Å². The van der Waals surface area contributed by atoms with E-state index in [-0.39, 0.29) is 23.7 Å². The lowest BCUT2D eigenvalue weighted by Crippen LogP contribution is -2.44. The van der Waals surface area contributed by atoms with Crippen molar-refractivity contribution in [2.24, 2.45) is 0 Å². The number of amides is 1. The fourth-order valence-corrected chi connectivity index (χ4v) is 3.61. The van der Waals surface area contributed by atoms with Gasteiger partial charge in [0.25, 0.3) is 5.69 Å². The van der Waals surface area contributed by atoms with Crippen molar-refractivity contribution < 1.29 is 18.9 Å². The van der Waals surface area contributed by atoms with Crippen LogP contribution in [0.5, 0.6) is 0 Å². The number of morpholine rings is 1. The predicted molar refractivity (Wildman–Crippen MR) is 113 cm³/mol. The summed E-state index contributed by atoms with van der Waals surface area (Å²) in [5, 5.41) is 11.0. The van der Waals surface area contributed by atoms with Crippen molar-refractivity contribution in [1.29, 1.82) is 0 Å². The van der Waals surface area contributed by atoms with Gasteiger partial charge in [-0.2, -0.15) is 0 Å². The number of carbonyl (C=O) groups excluding carboxylic acids is 1. The molecule has 1 aliphatic rings. The van der Waals surface area contributed by atoms with Gasteiger partial charge < -0.3 is 14.1 Å². The molecule has 1 aromatic heterocycles. The van der Waals surface area contributed by atoms with Crippen LogP contribution in [-0.2, 0) is 16.1 Å². The second kappa shape index (κ2) is 9.11. The molecule has 10 heteroatoms. The van der Waals surface area contributed by atoms with Crippen LogP contribution in [0, 0.1) is 10.1 Å². The number of aromatic nitrogens is 1. The third-order valence-corrected chi connectivity index (χ3v) is 5.27. The summed E-state index contributed by atoms with van der Waals surface area (Å²) >= 11 is 0. The van der Waals surface area contributed by atoms with Gasteiger partial charge in [-0.25, -0.2) is 4.79 Å². The molecule has 4 rings (SSSR count). The largest absolute Gasteiger partial charge is 0.420 e. The third-order valence-electron chi connectivity index (χ3n) is 5.27. The molecule has 162 valence electrons. The highest BCUT2D eigenvalue weighted by atomic mass is 16.6. The highest BCUT2D eigenvalue weighted by molar-refractivity contribution is 5.94. The first-order valence-electron chi connectivity index (χ1n) is 9.96. The Kier molecular flexibility index (Phi) is 6.10. The van der Waals surface area contributed by atoms with E-state index in [0.29, 0.717) is 31.8 Å². The molecule has 0 N–H and O–H groups in total. The SMILES string of the molecule is O=C(Cn1c(=O)oc2cc([N+](=O)[O-])ccc21)N(CCN1CCOCC1)c1ccccc1. The maximum Gasteiger partial charge on any atom is 0.420 e. The number of oxazole rings is 1. The van der Waals surface area contributed by atoms with E-state index in [1.807, 2.05) is 30.3 Å². The van der Waals surface area contributed by atoms with Gasteiger partial charge in [0.05, 0.1) is 29.7 Å². The Hall–Kier alpha value is -3.50. The van der Waals surface area contributed by atoms with E-state index in [4.69, 9.17) is 9.15 Å². The Morgan fingerprint density at radius 2 is 1.87 bits per heavy atom. The van der Waals surface area contributed by atoms with Crippen LogP contribution in [0.3, 0.4) is 0 Å². The molecule has 1 amide bonds. The van der Waals surface area contributed by atoms with Crippen LogP contribution in [0.1, 0.15) is 0 Å². The second-order valence-electron chi connectivity index (χ2n) is 7.20. The molecule has 1 fully saturated rings. The van der Waals surface area contributed by atoms with E-state index in [9.17, 15) is 19.7 Å². The summed E-state index contributed by atoms with van der Waals surface area (Å²) in [6.45, 7) is 3.85. The number of para-hydroxylation sites is 1. The van der Waals surface area contributed by atoms with Gasteiger partial charge in [0.2, 0.25) is 5.91 Å². The van der Waals surface area contributed by atoms with Gasteiger partial charge in [0.15, 0.2) is 5.58 Å². The van der Waals surface area contributed by atoms with Gasteiger partial charge in [0.1, 0.15) is 6.54 Å². The molecule has 0 radical (unpaired) electrons. The lowest BCUT2D eigenvalue weighted by atomic mass is 10.2. The number of benzene rings is 2. The fraction of sp³-hybridized carbons (Fsp3) is 0.333. The van der Waals surface area contributed by atoms with Crippen molar-refractivity contribution in [3.8, 4) is 0 Å². The molecule has 3 aromatic rings. The molecule has 0 spiro atoms. The average Bonchev–Trinajstić information content (AvgIpc) is 3.09. The van der Waals surface area contributed by atoms with Crippen molar-refractivity contribution in [2.75, 3.05) is 44.3 Å². The minimum Gasteiger partial charge on any atom is -0.407 e. The number of fused-ring (bicyclic) bond motifs is 1. The number of carbonyl (C=O) groups is 1. The third kappa shape index (κ3) is 4.65. The molecule has 0 saturated carbocycles. The van der Waals surface area contributed by atoms with Gasteiger partial charge in [-0.1, -0.05) is 18.2 Å². The number of non-ortho nitro benzene ring substituents is 1. The van der Waals surface area contributed by atoms with Gasteiger partial charge >= 0.3 is 5.76 Å².